The predicted molar refractivity (Wildman–Crippen MR) is 109 cm³/mol. The number of aliphatic hydroxyl groups excluding tert-OH is 1. The van der Waals surface area contributed by atoms with Crippen molar-refractivity contribution < 1.29 is 24.1 Å². The molecule has 0 unspecified atom stereocenters. The Morgan fingerprint density at radius 2 is 2.11 bits per heavy atom. The Labute approximate surface area is 173 Å². The molecule has 1 aliphatic rings. The zero-order valence-corrected chi connectivity index (χ0v) is 17.2. The highest BCUT2D eigenvalue weighted by atomic mass is 35.5. The molecule has 5 nitrogen and oxygen atoms in total. The van der Waals surface area contributed by atoms with Gasteiger partial charge in [0.25, 0.3) is 0 Å². The quantitative estimate of drug-likeness (QED) is 0.536. The summed E-state index contributed by atoms with van der Waals surface area (Å²) in [5.41, 5.74) is 1.06. The van der Waals surface area contributed by atoms with Crippen molar-refractivity contribution in [2.75, 3.05) is 19.6 Å². The molecular formula is C21H23ClO5S. The van der Waals surface area contributed by atoms with Gasteiger partial charge in [-0.1, -0.05) is 30.3 Å². The first kappa shape index (κ1) is 20.8. The van der Waals surface area contributed by atoms with Gasteiger partial charge in [0.1, 0.15) is 35.6 Å². The largest absolute Gasteiger partial charge is 0.490 e. The van der Waals surface area contributed by atoms with Crippen LogP contribution in [-0.4, -0.2) is 41.5 Å². The zero-order valence-electron chi connectivity index (χ0n) is 15.6. The summed E-state index contributed by atoms with van der Waals surface area (Å²) in [6.07, 6.45) is -0.0677. The number of carbonyl (C=O) groups excluding carboxylic acids is 1. The maximum Gasteiger partial charge on any atom is 0.325 e. The highest BCUT2D eigenvalue weighted by Gasteiger charge is 2.49. The molecule has 0 aromatic heterocycles. The van der Waals surface area contributed by atoms with Crippen molar-refractivity contribution in [3.8, 4) is 11.5 Å². The second-order valence-corrected chi connectivity index (χ2v) is 8.24. The maximum atomic E-state index is 12.6. The van der Waals surface area contributed by atoms with Crippen LogP contribution in [0.3, 0.4) is 0 Å². The number of benzene rings is 2. The van der Waals surface area contributed by atoms with Crippen LogP contribution in [0.25, 0.3) is 0 Å². The van der Waals surface area contributed by atoms with Gasteiger partial charge in [0.15, 0.2) is 0 Å². The van der Waals surface area contributed by atoms with E-state index in [-0.39, 0.29) is 6.61 Å². The van der Waals surface area contributed by atoms with Gasteiger partial charge in [0.2, 0.25) is 0 Å². The topological polar surface area (TPSA) is 65.0 Å². The van der Waals surface area contributed by atoms with Crippen LogP contribution in [0.1, 0.15) is 18.4 Å². The number of aliphatic hydroxyl groups is 1. The fourth-order valence-electron chi connectivity index (χ4n) is 3.09. The molecule has 0 fully saturated rings. The lowest BCUT2D eigenvalue weighted by molar-refractivity contribution is -0.147. The number of methoxy groups -OCH3 is 1. The Morgan fingerprint density at radius 1 is 1.32 bits per heavy atom. The molecule has 0 amide bonds. The van der Waals surface area contributed by atoms with Crippen molar-refractivity contribution in [1.29, 1.82) is 0 Å². The van der Waals surface area contributed by atoms with Gasteiger partial charge in [-0.25, -0.2) is 0 Å². The van der Waals surface area contributed by atoms with Crippen LogP contribution in [-0.2, 0) is 16.1 Å². The van der Waals surface area contributed by atoms with Crippen molar-refractivity contribution in [2.45, 2.75) is 35.2 Å². The van der Waals surface area contributed by atoms with Gasteiger partial charge in [-0.2, -0.15) is 0 Å². The van der Waals surface area contributed by atoms with Crippen LogP contribution >= 0.6 is 23.4 Å². The number of hydrogen-bond acceptors (Lipinski definition) is 6. The predicted octanol–water partition coefficient (Wildman–Crippen LogP) is 4.04. The number of ether oxygens (including phenoxy) is 3. The minimum absolute atomic E-state index is 0.00159. The summed E-state index contributed by atoms with van der Waals surface area (Å²) in [4.78, 5) is 13.4. The summed E-state index contributed by atoms with van der Waals surface area (Å²) in [6, 6.07) is 15.3. The van der Waals surface area contributed by atoms with Gasteiger partial charge in [-0.15, -0.1) is 23.4 Å². The van der Waals surface area contributed by atoms with Gasteiger partial charge >= 0.3 is 5.97 Å². The van der Waals surface area contributed by atoms with E-state index in [4.69, 9.17) is 25.8 Å². The summed E-state index contributed by atoms with van der Waals surface area (Å²) < 4.78 is 15.5. The fraction of sp³-hybridized carbons (Fsp3) is 0.381. The first-order valence-electron chi connectivity index (χ1n) is 9.04. The monoisotopic (exact) mass is 422 g/mol. The van der Waals surface area contributed by atoms with Gasteiger partial charge in [0, 0.05) is 5.88 Å². The third kappa shape index (κ3) is 4.57. The average molecular weight is 423 g/mol. The number of rotatable bonds is 7. The molecule has 2 aromatic carbocycles. The molecule has 3 rings (SSSR count). The molecule has 2 aromatic rings. The molecule has 28 heavy (non-hydrogen) atoms. The Kier molecular flexibility index (Phi) is 7.10. The Bertz CT molecular complexity index is 801. The number of fused-ring (bicyclic) bond motifs is 1. The van der Waals surface area contributed by atoms with Crippen LogP contribution < -0.4 is 9.47 Å². The van der Waals surface area contributed by atoms with E-state index in [9.17, 15) is 9.90 Å². The number of carbonyl (C=O) groups is 1. The van der Waals surface area contributed by atoms with Crippen LogP contribution in [0.2, 0.25) is 0 Å². The van der Waals surface area contributed by atoms with E-state index >= 15 is 0 Å². The molecule has 2 atom stereocenters. The van der Waals surface area contributed by atoms with E-state index < -0.39 is 16.8 Å². The molecule has 150 valence electrons. The Balaban J connectivity index is 1.85. The van der Waals surface area contributed by atoms with Crippen LogP contribution in [0, 0.1) is 0 Å². The van der Waals surface area contributed by atoms with E-state index in [0.717, 1.165) is 10.5 Å². The van der Waals surface area contributed by atoms with Crippen LogP contribution in [0.15, 0.2) is 53.4 Å². The molecule has 7 heteroatoms. The van der Waals surface area contributed by atoms with Crippen LogP contribution in [0.5, 0.6) is 11.5 Å². The van der Waals surface area contributed by atoms with Gasteiger partial charge in [-0.05, 0) is 36.6 Å². The molecular weight excluding hydrogens is 400 g/mol. The number of thioether (sulfide) groups is 1. The summed E-state index contributed by atoms with van der Waals surface area (Å²) >= 11 is 7.10. The minimum Gasteiger partial charge on any atom is -0.490 e. The highest BCUT2D eigenvalue weighted by molar-refractivity contribution is 8.01. The standard InChI is InChI=1S/C21H23ClO5S/c1-25-20(24)21(10-5-11-22)19(23)14-27-17-9-8-16(12-18(17)28-21)26-13-15-6-3-2-4-7-15/h2-4,6-9,12,19,23H,5,10-11,13-14H2,1H3/t19-,21+/m0/s1. The second-order valence-electron chi connectivity index (χ2n) is 6.49. The van der Waals surface area contributed by atoms with Crippen molar-refractivity contribution >= 4 is 29.3 Å². The summed E-state index contributed by atoms with van der Waals surface area (Å²) in [6.45, 7) is 0.434. The summed E-state index contributed by atoms with van der Waals surface area (Å²) in [5, 5.41) is 10.7. The number of halogens is 1. The van der Waals surface area contributed by atoms with Crippen molar-refractivity contribution in [2.24, 2.45) is 0 Å². The Hall–Kier alpha value is -1.89. The second kappa shape index (κ2) is 9.54. The van der Waals surface area contributed by atoms with Crippen molar-refractivity contribution in [3.63, 3.8) is 0 Å². The molecule has 0 radical (unpaired) electrons. The van der Waals surface area contributed by atoms with Crippen molar-refractivity contribution in [3.05, 3.63) is 54.1 Å². The third-order valence-electron chi connectivity index (χ3n) is 4.60. The lowest BCUT2D eigenvalue weighted by Gasteiger charge is -2.32. The molecule has 0 saturated carbocycles. The van der Waals surface area contributed by atoms with E-state index in [1.165, 1.54) is 18.9 Å². The highest BCUT2D eigenvalue weighted by Crippen LogP contribution is 2.47. The smallest absolute Gasteiger partial charge is 0.325 e. The number of alkyl halides is 1. The number of hydrogen-bond donors (Lipinski definition) is 1. The van der Waals surface area contributed by atoms with Gasteiger partial charge in [0.05, 0.1) is 12.0 Å². The number of esters is 1. The average Bonchev–Trinajstić information content (AvgIpc) is 2.87. The van der Waals surface area contributed by atoms with E-state index in [1.807, 2.05) is 42.5 Å². The minimum atomic E-state index is -1.17. The van der Waals surface area contributed by atoms with E-state index in [2.05, 4.69) is 0 Å². The molecule has 1 aliphatic heterocycles. The van der Waals surface area contributed by atoms with Gasteiger partial charge in [-0.3, -0.25) is 4.79 Å². The molecule has 0 spiro atoms. The SMILES string of the molecule is COC(=O)[C@]1(CCCCl)Sc2cc(OCc3ccccc3)ccc2OC[C@@H]1O. The first-order chi connectivity index (χ1) is 13.6. The molecule has 1 heterocycles. The first-order valence-corrected chi connectivity index (χ1v) is 10.4. The lowest BCUT2D eigenvalue weighted by atomic mass is 9.96. The molecule has 0 saturated heterocycles. The van der Waals surface area contributed by atoms with Gasteiger partial charge < -0.3 is 19.3 Å². The van der Waals surface area contributed by atoms with Crippen LogP contribution in [0.4, 0.5) is 0 Å². The molecule has 0 aliphatic carbocycles. The summed E-state index contributed by atoms with van der Waals surface area (Å²) in [5.74, 6) is 1.17. The summed E-state index contributed by atoms with van der Waals surface area (Å²) in [7, 11) is 1.32. The van der Waals surface area contributed by atoms with Crippen molar-refractivity contribution in [1.82, 2.24) is 0 Å². The Morgan fingerprint density at radius 3 is 2.82 bits per heavy atom. The third-order valence-corrected chi connectivity index (χ3v) is 6.42. The lowest BCUT2D eigenvalue weighted by Crippen LogP contribution is -2.49. The zero-order chi connectivity index (χ0) is 20.0. The van der Waals surface area contributed by atoms with E-state index in [0.29, 0.717) is 36.8 Å². The van der Waals surface area contributed by atoms with E-state index in [1.54, 1.807) is 6.07 Å². The molecule has 0 bridgehead atoms. The molecule has 1 N–H and O–H groups in total. The fourth-order valence-corrected chi connectivity index (χ4v) is 4.63. The maximum absolute atomic E-state index is 12.6. The normalized spacial score (nSPS) is 21.2.